The molecular formula is C67H102N22O23S4. The van der Waals surface area contributed by atoms with Crippen molar-refractivity contribution >= 4 is 156 Å². The van der Waals surface area contributed by atoms with Crippen molar-refractivity contribution in [3.63, 3.8) is 0 Å². The summed E-state index contributed by atoms with van der Waals surface area (Å²) in [6.07, 6.45) is 0.391. The van der Waals surface area contributed by atoms with E-state index in [0.717, 1.165) is 26.5 Å². The van der Waals surface area contributed by atoms with Crippen molar-refractivity contribution in [1.82, 2.24) is 99.3 Å². The molecule has 15 atom stereocenters. The van der Waals surface area contributed by atoms with Gasteiger partial charge in [0.15, 0.2) is 0 Å². The molecule has 0 aliphatic carbocycles. The van der Waals surface area contributed by atoms with Crippen LogP contribution in [0, 0.1) is 17.8 Å². The number of aromatic nitrogens is 4. The summed E-state index contributed by atoms with van der Waals surface area (Å²) in [5, 5.41) is 75.4. The normalized spacial score (nSPS) is 26.9. The van der Waals surface area contributed by atoms with Crippen LogP contribution in [-0.2, 0) is 104 Å². The summed E-state index contributed by atoms with van der Waals surface area (Å²) in [7, 11) is 2.94. The third-order valence-corrected chi connectivity index (χ3v) is 22.6. The smallest absolute Gasteiger partial charge is 0.327 e. The molecule has 5 rings (SSSR count). The Morgan fingerprint density at radius 2 is 0.905 bits per heavy atom. The molecule has 3 aliphatic heterocycles. The predicted molar refractivity (Wildman–Crippen MR) is 415 cm³/mol. The van der Waals surface area contributed by atoms with E-state index in [1.54, 1.807) is 27.7 Å². The fourth-order valence-electron chi connectivity index (χ4n) is 11.8. The van der Waals surface area contributed by atoms with Crippen molar-refractivity contribution in [2.45, 2.75) is 196 Å². The number of carbonyl (C=O) groups is 19. The molecule has 2 aromatic heterocycles. The number of hydrogen-bond donors (Lipinski definition) is 23. The van der Waals surface area contributed by atoms with Crippen LogP contribution in [0.5, 0.6) is 0 Å². The van der Waals surface area contributed by atoms with Gasteiger partial charge in [-0.05, 0) is 49.9 Å². The lowest BCUT2D eigenvalue weighted by atomic mass is 10.0. The molecule has 0 saturated carbocycles. The number of aliphatic hydroxyl groups is 2. The van der Waals surface area contributed by atoms with Gasteiger partial charge in [0.05, 0.1) is 56.6 Å². The molecule has 5 heterocycles. The van der Waals surface area contributed by atoms with Gasteiger partial charge in [0.2, 0.25) is 100 Å². The maximum atomic E-state index is 15.1. The molecule has 3 saturated heterocycles. The van der Waals surface area contributed by atoms with Gasteiger partial charge in [0.25, 0.3) is 0 Å². The van der Waals surface area contributed by atoms with E-state index in [1.165, 1.54) is 38.9 Å². The second-order valence-electron chi connectivity index (χ2n) is 28.4. The molecule has 45 nitrogen and oxygen atoms in total. The van der Waals surface area contributed by atoms with E-state index in [1.807, 2.05) is 0 Å². The molecule has 26 N–H and O–H groups in total. The Morgan fingerprint density at radius 3 is 1.38 bits per heavy atom. The van der Waals surface area contributed by atoms with Gasteiger partial charge in [-0.1, -0.05) is 84.7 Å². The van der Waals surface area contributed by atoms with E-state index in [2.05, 4.69) is 94.4 Å². The Labute approximate surface area is 680 Å². The fourth-order valence-corrected chi connectivity index (χ4v) is 16.4. The Morgan fingerprint density at radius 1 is 0.491 bits per heavy atom. The molecule has 2 bridgehead atoms. The third kappa shape index (κ3) is 31.3. The SMILES string of the molecule is CC(C)C[C@@H]1NC(=O)[C@H](CC(N)=O)NC(=O)[C@H](CO)NC(=O)[C@H](Cc2c[nH]cn2)NC(=O)[C@H](CCC(=O)O)NC(=O)[C@H](CC(C)C)NC(=O)[C@H](Cc2c[nH]cn2)NC(=O)[C@@H]2CSSC[C@H](NC(=O)CN)C(=O)N[C@@H](CSSC[C@@H](C(=O)O)NC1=O)C(=O)N[C@@H](CO)C(=O)N[C@@H](CC(N)=O)C(=O)N1CCC[C@H]1C(=O)N[C@@H](C(C)C)C(=O)N2. The zero-order valence-electron chi connectivity index (χ0n) is 64.2. The van der Waals surface area contributed by atoms with Gasteiger partial charge in [-0.25, -0.2) is 14.8 Å². The van der Waals surface area contributed by atoms with Crippen LogP contribution in [0.1, 0.15) is 104 Å². The third-order valence-electron chi connectivity index (χ3n) is 17.8. The number of amides is 17. The van der Waals surface area contributed by atoms with E-state index >= 15 is 4.79 Å². The standard InChI is InChI=1S/C67H102N22O23S4/c1-29(2)12-35-54(98)76-34(9-10-51(95)96)53(97)79-38(15-33-20-72-28-74-33)57(101)83-41(21-90)59(103)81-39(16-48(69)92)58(102)78-36(13-30(3)4)55(99)87-46(67(111)112)26-116-115-24-44-63(107)84-42(22-91)60(104)82-40(17-49(70)93)66(110)89-11-7-8-47(89)64(108)88-52(31(5)6)65(109)86-45(25-114-113-23-43(61(105)85-44)75-50(94)18-68)62(106)80-37(56(100)77-35)14-32-19-71-27-73-32/h19-20,27-31,34-47,52,90-91H,7-18,21-26,68H2,1-6H3,(H2,69,92)(H2,70,93)(H,71,73)(H,72,74)(H,75,94)(H,76,98)(H,77,100)(H,78,102)(H,79,97)(H,80,106)(H,81,103)(H,82,104)(H,83,101)(H,84,107)(H,85,105)(H,86,109)(H,87,99)(H,88,108)(H,95,96)(H,111,112)/t34-,35-,36-,37-,38-,39-,40-,41-,42-,43-,44-,45-,46-,47-,52-/m0/s1. The molecule has 0 unspecified atom stereocenters. The number of fused-ring (bicyclic) bond motifs is 9. The van der Waals surface area contributed by atoms with Crippen molar-refractivity contribution in [2.24, 2.45) is 35.0 Å². The Balaban J connectivity index is 1.72. The molecular weight excluding hydrogens is 1610 g/mol. The number of imidazole rings is 2. The molecule has 0 radical (unpaired) electrons. The zero-order valence-corrected chi connectivity index (χ0v) is 67.4. The summed E-state index contributed by atoms with van der Waals surface area (Å²) in [4.78, 5) is 282. The number of aliphatic hydroxyl groups excluding tert-OH is 2. The number of aromatic amines is 2. The largest absolute Gasteiger partial charge is 0.481 e. The van der Waals surface area contributed by atoms with Crippen molar-refractivity contribution < 1.29 is 112 Å². The van der Waals surface area contributed by atoms with E-state index < -0.39 is 302 Å². The minimum atomic E-state index is -2.04. The highest BCUT2D eigenvalue weighted by molar-refractivity contribution is 8.77. The van der Waals surface area contributed by atoms with Crippen LogP contribution < -0.4 is 91.6 Å². The number of carboxylic acids is 2. The maximum Gasteiger partial charge on any atom is 0.327 e. The monoisotopic (exact) mass is 1710 g/mol. The average molecular weight is 1710 g/mol. The second kappa shape index (κ2) is 47.6. The van der Waals surface area contributed by atoms with E-state index in [0.29, 0.717) is 21.6 Å². The highest BCUT2D eigenvalue weighted by Gasteiger charge is 2.43. The number of hydrogen-bond acceptors (Lipinski definition) is 28. The van der Waals surface area contributed by atoms with E-state index in [-0.39, 0.29) is 43.6 Å². The first-order chi connectivity index (χ1) is 54.8. The van der Waals surface area contributed by atoms with Crippen LogP contribution in [0.15, 0.2) is 25.0 Å². The van der Waals surface area contributed by atoms with Crippen LogP contribution in [0.3, 0.4) is 0 Å². The van der Waals surface area contributed by atoms with Crippen LogP contribution in [0.4, 0.5) is 0 Å². The lowest BCUT2D eigenvalue weighted by molar-refractivity contribution is -0.143. The van der Waals surface area contributed by atoms with Crippen LogP contribution in [0.25, 0.3) is 0 Å². The van der Waals surface area contributed by atoms with Gasteiger partial charge >= 0.3 is 11.9 Å². The van der Waals surface area contributed by atoms with Crippen molar-refractivity contribution in [3.8, 4) is 0 Å². The fraction of sp³-hybridized carbons (Fsp3) is 0.627. The molecule has 0 aromatic carbocycles. The van der Waals surface area contributed by atoms with Crippen LogP contribution >= 0.6 is 43.2 Å². The second-order valence-corrected chi connectivity index (χ2v) is 33.5. The van der Waals surface area contributed by atoms with E-state index in [9.17, 15) is 107 Å². The molecule has 3 fully saturated rings. The van der Waals surface area contributed by atoms with Crippen molar-refractivity contribution in [3.05, 3.63) is 36.4 Å². The number of aliphatic carboxylic acids is 2. The number of rotatable bonds is 21. The van der Waals surface area contributed by atoms with Gasteiger partial charge in [-0.3, -0.25) is 86.3 Å². The average Bonchev–Trinajstić information content (AvgIpc) is 1.63. The number of carboxylic acid groups (broad SMARTS) is 2. The molecule has 17 amide bonds. The lowest BCUT2D eigenvalue weighted by Crippen LogP contribution is -2.62. The minimum Gasteiger partial charge on any atom is -0.481 e. The lowest BCUT2D eigenvalue weighted by Gasteiger charge is -2.31. The first-order valence-corrected chi connectivity index (χ1v) is 41.7. The first-order valence-electron chi connectivity index (χ1n) is 36.7. The van der Waals surface area contributed by atoms with Gasteiger partial charge in [0.1, 0.15) is 90.6 Å². The highest BCUT2D eigenvalue weighted by Crippen LogP contribution is 2.27. The van der Waals surface area contributed by atoms with Gasteiger partial charge in [-0.2, -0.15) is 0 Å². The minimum absolute atomic E-state index is 0.0414. The topological polar surface area (TPSA) is 712 Å². The van der Waals surface area contributed by atoms with Crippen LogP contribution in [0.2, 0.25) is 0 Å². The summed E-state index contributed by atoms with van der Waals surface area (Å²) in [6, 6.07) is -26.7. The number of carbonyl (C=O) groups excluding carboxylic acids is 17. The maximum absolute atomic E-state index is 15.1. The number of primary amides is 2. The Kier molecular flexibility index (Phi) is 39.5. The molecule has 3 aliphatic rings. The van der Waals surface area contributed by atoms with Gasteiger partial charge < -0.3 is 127 Å². The van der Waals surface area contributed by atoms with E-state index in [4.69, 9.17) is 17.2 Å². The van der Waals surface area contributed by atoms with Gasteiger partial charge in [0, 0.05) is 61.2 Å². The summed E-state index contributed by atoms with van der Waals surface area (Å²) < 4.78 is 0. The number of nitrogens with one attached hydrogen (secondary N) is 16. The molecule has 49 heteroatoms. The number of H-pyrrole nitrogens is 2. The molecule has 0 spiro atoms. The van der Waals surface area contributed by atoms with Crippen molar-refractivity contribution in [1.29, 1.82) is 0 Å². The summed E-state index contributed by atoms with van der Waals surface area (Å²) in [5.41, 5.74) is 17.0. The predicted octanol–water partition coefficient (Wildman–Crippen LogP) is -9.12. The Bertz CT molecular complexity index is 3830. The number of nitrogens with zero attached hydrogens (tertiary/aromatic N) is 3. The first kappa shape index (κ1) is 96.2. The molecule has 642 valence electrons. The molecule has 2 aromatic rings. The summed E-state index contributed by atoms with van der Waals surface area (Å²) in [5.74, 6) is -26.6. The summed E-state index contributed by atoms with van der Waals surface area (Å²) >= 11 is 0. The zero-order chi connectivity index (χ0) is 86.2. The van der Waals surface area contributed by atoms with Crippen molar-refractivity contribution in [2.75, 3.05) is 49.3 Å². The number of nitrogens with two attached hydrogens (primary N) is 3. The van der Waals surface area contributed by atoms with Gasteiger partial charge in [-0.15, -0.1) is 0 Å². The molecule has 116 heavy (non-hydrogen) atoms. The highest BCUT2D eigenvalue weighted by atomic mass is 33.1. The Hall–Kier alpha value is -10.4. The quantitative estimate of drug-likeness (QED) is 0.0516. The van der Waals surface area contributed by atoms with Crippen LogP contribution in [-0.4, -0.2) is 298 Å². The summed E-state index contributed by atoms with van der Waals surface area (Å²) in [6.45, 7) is 6.20.